The summed E-state index contributed by atoms with van der Waals surface area (Å²) in [5.41, 5.74) is 9.17. The zero-order valence-corrected chi connectivity index (χ0v) is 27.6. The Hall–Kier alpha value is -2.59. The van der Waals surface area contributed by atoms with Crippen molar-refractivity contribution in [2.75, 3.05) is 19.1 Å². The lowest BCUT2D eigenvalue weighted by atomic mass is 9.87. The fourth-order valence-electron chi connectivity index (χ4n) is 6.26. The molecule has 0 aliphatic carbocycles. The molecule has 0 bridgehead atoms. The standard InChI is InChI=1S/C33H45N3O4S2/c1-8-25-14-12-15-26(9-2)33(25)31-20-28(21-36(41(6,37)38)42(7,39)40)30(24(5)34-31)22-35-18-17-27-13-10-11-16-29(27)32(35)19-23(3)4/h10-16,20,23,32H,8-9,17-19,21-22H2,1-7H3. The molecule has 42 heavy (non-hydrogen) atoms. The van der Waals surface area contributed by atoms with Crippen LogP contribution in [0.5, 0.6) is 0 Å². The minimum absolute atomic E-state index is 0.204. The van der Waals surface area contributed by atoms with Gasteiger partial charge < -0.3 is 0 Å². The minimum Gasteiger partial charge on any atom is -0.292 e. The molecule has 1 aromatic heterocycles. The Balaban J connectivity index is 1.89. The van der Waals surface area contributed by atoms with Gasteiger partial charge in [0.05, 0.1) is 24.8 Å². The van der Waals surface area contributed by atoms with Crippen molar-refractivity contribution in [1.82, 2.24) is 13.6 Å². The van der Waals surface area contributed by atoms with Crippen LogP contribution < -0.4 is 0 Å². The molecule has 0 saturated carbocycles. The first kappa shape index (κ1) is 32.3. The molecule has 0 N–H and O–H groups in total. The number of hydrogen-bond acceptors (Lipinski definition) is 6. The molecule has 228 valence electrons. The third-order valence-electron chi connectivity index (χ3n) is 8.30. The number of fused-ring (bicyclic) bond motifs is 1. The molecule has 2 heterocycles. The quantitative estimate of drug-likeness (QED) is 0.262. The Morgan fingerprint density at radius 1 is 0.929 bits per heavy atom. The molecule has 4 rings (SSSR count). The van der Waals surface area contributed by atoms with E-state index in [0.29, 0.717) is 21.7 Å². The molecular formula is C33H45N3O4S2. The van der Waals surface area contributed by atoms with Gasteiger partial charge in [-0.25, -0.2) is 16.8 Å². The van der Waals surface area contributed by atoms with E-state index < -0.39 is 20.0 Å². The van der Waals surface area contributed by atoms with Gasteiger partial charge in [0.1, 0.15) is 0 Å². The Bertz CT molecular complexity index is 1600. The third-order valence-corrected chi connectivity index (χ3v) is 11.7. The highest BCUT2D eigenvalue weighted by atomic mass is 32.3. The maximum absolute atomic E-state index is 12.8. The first-order valence-electron chi connectivity index (χ1n) is 14.8. The van der Waals surface area contributed by atoms with Gasteiger partial charge in [-0.15, -0.1) is 0 Å². The van der Waals surface area contributed by atoms with E-state index in [1.165, 1.54) is 11.1 Å². The smallest absolute Gasteiger partial charge is 0.224 e. The van der Waals surface area contributed by atoms with Crippen molar-refractivity contribution < 1.29 is 16.8 Å². The fraction of sp³-hybridized carbons (Fsp3) is 0.485. The Kier molecular flexibility index (Phi) is 9.97. The first-order chi connectivity index (χ1) is 19.7. The molecule has 7 nitrogen and oxygen atoms in total. The van der Waals surface area contributed by atoms with Crippen LogP contribution in [0, 0.1) is 12.8 Å². The monoisotopic (exact) mass is 611 g/mol. The molecule has 0 spiro atoms. The van der Waals surface area contributed by atoms with E-state index in [-0.39, 0.29) is 12.6 Å². The largest absolute Gasteiger partial charge is 0.292 e. The number of pyridine rings is 1. The number of aryl methyl sites for hydroxylation is 3. The van der Waals surface area contributed by atoms with Crippen LogP contribution in [0.3, 0.4) is 0 Å². The van der Waals surface area contributed by atoms with E-state index >= 15 is 0 Å². The zero-order valence-electron chi connectivity index (χ0n) is 26.0. The lowest BCUT2D eigenvalue weighted by Gasteiger charge is -2.39. The summed E-state index contributed by atoms with van der Waals surface area (Å²) in [5.74, 6) is 0.480. The predicted octanol–water partition coefficient (Wildman–Crippen LogP) is 6.05. The van der Waals surface area contributed by atoms with Gasteiger partial charge in [0, 0.05) is 30.4 Å². The fourth-order valence-corrected chi connectivity index (χ4v) is 8.97. The molecule has 1 aliphatic heterocycles. The average molecular weight is 612 g/mol. The van der Waals surface area contributed by atoms with Crippen LogP contribution >= 0.6 is 0 Å². The lowest BCUT2D eigenvalue weighted by molar-refractivity contribution is 0.153. The molecule has 9 heteroatoms. The highest BCUT2D eigenvalue weighted by Gasteiger charge is 2.32. The van der Waals surface area contributed by atoms with Crippen LogP contribution in [0.25, 0.3) is 11.3 Å². The van der Waals surface area contributed by atoms with E-state index in [2.05, 4.69) is 75.1 Å². The van der Waals surface area contributed by atoms with E-state index in [9.17, 15) is 16.8 Å². The summed E-state index contributed by atoms with van der Waals surface area (Å²) in [7, 11) is -8.08. The van der Waals surface area contributed by atoms with Gasteiger partial charge in [0.2, 0.25) is 20.0 Å². The topological polar surface area (TPSA) is 87.7 Å². The van der Waals surface area contributed by atoms with Gasteiger partial charge in [-0.1, -0.05) is 73.9 Å². The Morgan fingerprint density at radius 3 is 2.12 bits per heavy atom. The van der Waals surface area contributed by atoms with Crippen LogP contribution in [-0.4, -0.2) is 49.5 Å². The zero-order chi connectivity index (χ0) is 30.8. The molecule has 0 amide bonds. The van der Waals surface area contributed by atoms with Crippen molar-refractivity contribution in [3.05, 3.63) is 87.6 Å². The van der Waals surface area contributed by atoms with E-state index in [1.807, 2.05) is 13.0 Å². The van der Waals surface area contributed by atoms with Crippen molar-refractivity contribution in [2.45, 2.75) is 79.4 Å². The Labute approximate surface area is 253 Å². The van der Waals surface area contributed by atoms with Crippen LogP contribution in [-0.2, 0) is 52.4 Å². The normalized spacial score (nSPS) is 16.3. The van der Waals surface area contributed by atoms with Crippen molar-refractivity contribution in [3.63, 3.8) is 0 Å². The van der Waals surface area contributed by atoms with Crippen molar-refractivity contribution in [2.24, 2.45) is 5.92 Å². The summed E-state index contributed by atoms with van der Waals surface area (Å²) in [4.78, 5) is 7.56. The number of rotatable bonds is 11. The van der Waals surface area contributed by atoms with Crippen LogP contribution in [0.2, 0.25) is 0 Å². The third kappa shape index (κ3) is 7.13. The lowest BCUT2D eigenvalue weighted by Crippen LogP contribution is -2.37. The summed E-state index contributed by atoms with van der Waals surface area (Å²) >= 11 is 0. The molecule has 1 atom stereocenters. The summed E-state index contributed by atoms with van der Waals surface area (Å²) in [6.07, 6.45) is 5.45. The molecule has 0 fully saturated rings. The summed E-state index contributed by atoms with van der Waals surface area (Å²) in [5, 5.41) is 0. The number of aromatic nitrogens is 1. The SMILES string of the molecule is CCc1cccc(CC)c1-c1cc(CN(S(C)(=O)=O)S(C)(=O)=O)c(CN2CCc3ccccc3C2CC(C)C)c(C)n1. The number of benzene rings is 2. The van der Waals surface area contributed by atoms with Gasteiger partial charge >= 0.3 is 0 Å². The highest BCUT2D eigenvalue weighted by Crippen LogP contribution is 2.37. The van der Waals surface area contributed by atoms with Crippen LogP contribution in [0.1, 0.15) is 79.2 Å². The van der Waals surface area contributed by atoms with Gasteiger partial charge in [0.15, 0.2) is 0 Å². The van der Waals surface area contributed by atoms with Crippen LogP contribution in [0.15, 0.2) is 48.5 Å². The van der Waals surface area contributed by atoms with E-state index in [4.69, 9.17) is 4.98 Å². The summed E-state index contributed by atoms with van der Waals surface area (Å²) in [6, 6.07) is 17.0. The molecule has 1 aliphatic rings. The molecule has 0 saturated heterocycles. The van der Waals surface area contributed by atoms with Crippen molar-refractivity contribution in [1.29, 1.82) is 0 Å². The molecule has 1 unspecified atom stereocenters. The second kappa shape index (κ2) is 13.0. The number of hydrogen-bond donors (Lipinski definition) is 0. The van der Waals surface area contributed by atoms with E-state index in [0.717, 1.165) is 78.4 Å². The predicted molar refractivity (Wildman–Crippen MR) is 171 cm³/mol. The minimum atomic E-state index is -4.04. The molecule has 2 aromatic carbocycles. The summed E-state index contributed by atoms with van der Waals surface area (Å²) < 4.78 is 51.6. The van der Waals surface area contributed by atoms with Gasteiger partial charge in [-0.05, 0) is 78.0 Å². The van der Waals surface area contributed by atoms with Crippen molar-refractivity contribution in [3.8, 4) is 11.3 Å². The summed E-state index contributed by atoms with van der Waals surface area (Å²) in [6.45, 7) is 11.8. The second-order valence-corrected chi connectivity index (χ2v) is 16.0. The van der Waals surface area contributed by atoms with Gasteiger partial charge in [0.25, 0.3) is 0 Å². The average Bonchev–Trinajstić information content (AvgIpc) is 2.92. The maximum atomic E-state index is 12.8. The first-order valence-corrected chi connectivity index (χ1v) is 18.5. The van der Waals surface area contributed by atoms with Crippen LogP contribution in [0.4, 0.5) is 0 Å². The molecule has 3 aromatic rings. The van der Waals surface area contributed by atoms with Gasteiger partial charge in [-0.3, -0.25) is 9.88 Å². The Morgan fingerprint density at radius 2 is 1.55 bits per heavy atom. The van der Waals surface area contributed by atoms with Gasteiger partial charge in [-0.2, -0.15) is 0 Å². The number of sulfonamides is 2. The molecular weight excluding hydrogens is 567 g/mol. The number of nitrogens with zero attached hydrogens (tertiary/aromatic N) is 3. The maximum Gasteiger partial charge on any atom is 0.224 e. The van der Waals surface area contributed by atoms with Crippen molar-refractivity contribution >= 4 is 20.0 Å². The highest BCUT2D eigenvalue weighted by molar-refractivity contribution is 8.03. The molecule has 0 radical (unpaired) electrons. The van der Waals surface area contributed by atoms with E-state index in [1.54, 1.807) is 0 Å². The second-order valence-electron chi connectivity index (χ2n) is 11.9.